The maximum absolute atomic E-state index is 12.8. The lowest BCUT2D eigenvalue weighted by atomic mass is 9.81. The molecule has 0 aromatic heterocycles. The molecule has 1 N–H and O–H groups in total. The van der Waals surface area contributed by atoms with Gasteiger partial charge in [0.15, 0.2) is 5.71 Å². The molecule has 1 amide bonds. The van der Waals surface area contributed by atoms with Gasteiger partial charge in [0, 0.05) is 64.5 Å². The van der Waals surface area contributed by atoms with Crippen molar-refractivity contribution in [1.82, 2.24) is 5.32 Å². The number of nitrogens with one attached hydrogen (secondary N) is 1. The van der Waals surface area contributed by atoms with Gasteiger partial charge < -0.3 is 19.3 Å². The third-order valence-electron chi connectivity index (χ3n) is 9.01. The molecule has 2 aliphatic heterocycles. The molecule has 0 saturated heterocycles. The zero-order chi connectivity index (χ0) is 35.5. The van der Waals surface area contributed by atoms with Gasteiger partial charge in [0.1, 0.15) is 12.3 Å². The molecule has 0 radical (unpaired) electrons. The van der Waals surface area contributed by atoms with Crippen LogP contribution in [0.25, 0.3) is 0 Å². The Kier molecular flexibility index (Phi) is 11.2. The SMILES string of the molecule is CC(=O)CNC(=O)c1ccc2c(c1)C(C)(C)/C(=C\C=C\C1=[N+](CCCCS(=O)(=O)[O-])c3ccccc3C1(C)C)N2CCCCS(=O)(=O)[O-]. The number of hydrogen-bond acceptors (Lipinski definition) is 9. The number of carbonyl (C=O) groups excluding carboxylic acids is 2. The van der Waals surface area contributed by atoms with Gasteiger partial charge in [-0.25, -0.2) is 16.8 Å². The van der Waals surface area contributed by atoms with Crippen LogP contribution >= 0.6 is 0 Å². The number of hydrogen-bond donors (Lipinski definition) is 1. The fourth-order valence-electron chi connectivity index (χ4n) is 6.57. The van der Waals surface area contributed by atoms with Crippen molar-refractivity contribution in [2.24, 2.45) is 0 Å². The Morgan fingerprint density at radius 2 is 1.52 bits per heavy atom. The van der Waals surface area contributed by atoms with Gasteiger partial charge in [-0.3, -0.25) is 9.59 Å². The van der Waals surface area contributed by atoms with Crippen LogP contribution in [0.2, 0.25) is 0 Å². The average molecular weight is 699 g/mol. The number of allylic oxidation sites excluding steroid dienone is 4. The van der Waals surface area contributed by atoms with Crippen molar-refractivity contribution in [3.05, 3.63) is 83.1 Å². The first kappa shape index (κ1) is 37.2. The number of ketones is 1. The van der Waals surface area contributed by atoms with Crippen LogP contribution in [0.1, 0.15) is 81.8 Å². The predicted octanol–water partition coefficient (Wildman–Crippen LogP) is 4.27. The van der Waals surface area contributed by atoms with Crippen LogP contribution in [0.5, 0.6) is 0 Å². The second kappa shape index (κ2) is 14.5. The molecule has 0 atom stereocenters. The Labute approximate surface area is 283 Å². The first-order chi connectivity index (χ1) is 22.3. The minimum absolute atomic E-state index is 0.0716. The summed E-state index contributed by atoms with van der Waals surface area (Å²) in [6.07, 6.45) is 7.45. The molecule has 0 unspecified atom stereocenters. The highest BCUT2D eigenvalue weighted by Gasteiger charge is 2.44. The summed E-state index contributed by atoms with van der Waals surface area (Å²) in [5, 5.41) is 2.64. The van der Waals surface area contributed by atoms with Crippen LogP contribution in [-0.2, 0) is 35.9 Å². The first-order valence-electron chi connectivity index (χ1n) is 16.0. The third kappa shape index (κ3) is 8.68. The molecule has 2 aromatic carbocycles. The van der Waals surface area contributed by atoms with Crippen LogP contribution in [0, 0.1) is 0 Å². The molecular formula is C35H44N3O8S2-. The Morgan fingerprint density at radius 1 is 0.875 bits per heavy atom. The van der Waals surface area contributed by atoms with Gasteiger partial charge in [0.25, 0.3) is 5.91 Å². The number of fused-ring (bicyclic) bond motifs is 2. The van der Waals surface area contributed by atoms with Crippen molar-refractivity contribution in [3.63, 3.8) is 0 Å². The quantitative estimate of drug-likeness (QED) is 0.162. The van der Waals surface area contributed by atoms with Crippen LogP contribution in [0.3, 0.4) is 0 Å². The van der Waals surface area contributed by atoms with E-state index in [9.17, 15) is 35.5 Å². The standard InChI is InChI=1S/C35H45N3O8S2/c1-25(39)24-36-33(40)26-17-18-30-28(23-26)35(4,5)32(38(30)20-9-11-22-48(44,45)46)16-12-15-31-34(2,3)27-13-6-7-14-29(27)37(31)19-8-10-21-47(41,42)43/h6-7,12-18,23H,8-11,19-22,24H2,1-5H3,(H2-,36,40,41,42,43,44,45,46)/p-1. The monoisotopic (exact) mass is 698 g/mol. The maximum atomic E-state index is 12.8. The van der Waals surface area contributed by atoms with Crippen molar-refractivity contribution in [2.75, 3.05) is 36.0 Å². The molecule has 2 aromatic rings. The summed E-state index contributed by atoms with van der Waals surface area (Å²) in [7, 11) is -8.63. The lowest BCUT2D eigenvalue weighted by Gasteiger charge is -2.27. The minimum atomic E-state index is -4.34. The number of carbonyl (C=O) groups is 2. The van der Waals surface area contributed by atoms with Gasteiger partial charge in [-0.1, -0.05) is 38.1 Å². The second-order valence-electron chi connectivity index (χ2n) is 13.4. The number of rotatable bonds is 15. The van der Waals surface area contributed by atoms with E-state index in [-0.39, 0.29) is 36.5 Å². The van der Waals surface area contributed by atoms with E-state index in [4.69, 9.17) is 0 Å². The van der Waals surface area contributed by atoms with Crippen LogP contribution in [0.4, 0.5) is 11.4 Å². The highest BCUT2D eigenvalue weighted by Crippen LogP contribution is 2.48. The summed E-state index contributed by atoms with van der Waals surface area (Å²) < 4.78 is 69.5. The molecule has 0 bridgehead atoms. The molecule has 2 aliphatic rings. The van der Waals surface area contributed by atoms with Crippen molar-refractivity contribution in [2.45, 2.75) is 71.1 Å². The van der Waals surface area contributed by atoms with E-state index in [1.807, 2.05) is 62.4 Å². The molecule has 11 nitrogen and oxygen atoms in total. The van der Waals surface area contributed by atoms with Gasteiger partial charge in [0.2, 0.25) is 5.69 Å². The third-order valence-corrected chi connectivity index (χ3v) is 10.6. The Morgan fingerprint density at radius 3 is 2.17 bits per heavy atom. The Hall–Kier alpha value is -3.65. The molecule has 0 aliphatic carbocycles. The highest BCUT2D eigenvalue weighted by molar-refractivity contribution is 7.85. The molecule has 13 heteroatoms. The van der Waals surface area contributed by atoms with E-state index in [2.05, 4.69) is 34.7 Å². The minimum Gasteiger partial charge on any atom is -0.748 e. The molecule has 2 heterocycles. The lowest BCUT2D eigenvalue weighted by molar-refractivity contribution is -0.438. The summed E-state index contributed by atoms with van der Waals surface area (Å²) in [6.45, 7) is 10.7. The summed E-state index contributed by atoms with van der Waals surface area (Å²) in [5.74, 6) is -1.38. The zero-order valence-corrected chi connectivity index (χ0v) is 29.7. The number of nitrogens with zero attached hydrogens (tertiary/aromatic N) is 2. The van der Waals surface area contributed by atoms with E-state index >= 15 is 0 Å². The maximum Gasteiger partial charge on any atom is 0.251 e. The molecule has 0 fully saturated rings. The number of amides is 1. The van der Waals surface area contributed by atoms with Crippen LogP contribution in [0.15, 0.2) is 66.4 Å². The fourth-order valence-corrected chi connectivity index (χ4v) is 7.69. The topological polar surface area (TPSA) is 167 Å². The normalized spacial score (nSPS) is 17.6. The first-order valence-corrected chi connectivity index (χ1v) is 19.2. The van der Waals surface area contributed by atoms with E-state index in [0.29, 0.717) is 31.5 Å². The lowest BCUT2D eigenvalue weighted by Crippen LogP contribution is -2.29. The van der Waals surface area contributed by atoms with Crippen molar-refractivity contribution < 1.29 is 40.1 Å². The second-order valence-corrected chi connectivity index (χ2v) is 16.5. The number of Topliss-reactive ketones (excluding diaryl/α,β-unsaturated/α-hetero) is 1. The number of para-hydroxylation sites is 1. The van der Waals surface area contributed by atoms with Crippen LogP contribution < -0.4 is 10.2 Å². The number of unbranched alkanes of at least 4 members (excludes halogenated alkanes) is 2. The van der Waals surface area contributed by atoms with Crippen LogP contribution in [-0.4, -0.2) is 79.1 Å². The molecule has 4 rings (SSSR count). The van der Waals surface area contributed by atoms with Gasteiger partial charge in [-0.2, -0.15) is 4.58 Å². The smallest absolute Gasteiger partial charge is 0.251 e. The van der Waals surface area contributed by atoms with Gasteiger partial charge in [0.05, 0.1) is 32.2 Å². The summed E-state index contributed by atoms with van der Waals surface area (Å²) in [5.41, 5.74) is 5.33. The van der Waals surface area contributed by atoms with Gasteiger partial charge >= 0.3 is 0 Å². The fraction of sp³-hybridized carbons (Fsp3) is 0.457. The van der Waals surface area contributed by atoms with Crippen molar-refractivity contribution in [1.29, 1.82) is 0 Å². The predicted molar refractivity (Wildman–Crippen MR) is 184 cm³/mol. The van der Waals surface area contributed by atoms with E-state index in [1.54, 1.807) is 6.07 Å². The largest absolute Gasteiger partial charge is 0.748 e. The average Bonchev–Trinajstić information content (AvgIpc) is 3.33. The summed E-state index contributed by atoms with van der Waals surface area (Å²) in [6, 6.07) is 13.4. The molecule has 48 heavy (non-hydrogen) atoms. The Balaban J connectivity index is 1.71. The number of benzene rings is 2. The van der Waals surface area contributed by atoms with E-state index in [1.165, 1.54) is 6.92 Å². The van der Waals surface area contributed by atoms with Gasteiger partial charge in [-0.05, 0) is 69.9 Å². The van der Waals surface area contributed by atoms with Crippen molar-refractivity contribution in [3.8, 4) is 0 Å². The summed E-state index contributed by atoms with van der Waals surface area (Å²) in [4.78, 5) is 26.4. The molecule has 0 spiro atoms. The van der Waals surface area contributed by atoms with Gasteiger partial charge in [-0.15, -0.1) is 0 Å². The van der Waals surface area contributed by atoms with E-state index in [0.717, 1.165) is 33.9 Å². The highest BCUT2D eigenvalue weighted by atomic mass is 32.2. The molecule has 260 valence electrons. The van der Waals surface area contributed by atoms with Crippen molar-refractivity contribution >= 4 is 49.0 Å². The Bertz CT molecular complexity index is 1890. The molecular weight excluding hydrogens is 655 g/mol. The number of anilines is 1. The van der Waals surface area contributed by atoms with E-state index < -0.39 is 37.2 Å². The summed E-state index contributed by atoms with van der Waals surface area (Å²) >= 11 is 0. The molecule has 0 saturated carbocycles. The zero-order valence-electron chi connectivity index (χ0n) is 28.1.